The molecule has 0 aromatic heterocycles. The number of azo groups is 3. The molecular weight excluding hydrogens is 833 g/mol. The number of rotatable bonds is 9. The summed E-state index contributed by atoms with van der Waals surface area (Å²) >= 11 is 0. The average Bonchev–Trinajstić information content (AvgIpc) is 3.22. The number of hydrogen-bond donors (Lipinski definition) is 3. The fourth-order valence-corrected chi connectivity index (χ4v) is 6.69. The summed E-state index contributed by atoms with van der Waals surface area (Å²) in [6, 6.07) is 46.1. The molecule has 4 N–H and O–H groups in total. The molecule has 0 spiro atoms. The van der Waals surface area contributed by atoms with Crippen LogP contribution in [0.15, 0.2) is 169 Å². The van der Waals surface area contributed by atoms with Gasteiger partial charge in [0.1, 0.15) is 10.1 Å². The number of amides is 1. The number of carbonyl (C=O) groups excluding carboxylic acids is 1. The van der Waals surface area contributed by atoms with E-state index in [0.29, 0.717) is 60.9 Å². The van der Waals surface area contributed by atoms with Crippen molar-refractivity contribution in [3.63, 3.8) is 0 Å². The first-order valence-electron chi connectivity index (χ1n) is 17.1. The van der Waals surface area contributed by atoms with E-state index in [0.717, 1.165) is 11.5 Å². The van der Waals surface area contributed by atoms with Crippen LogP contribution >= 0.6 is 0 Å². The summed E-state index contributed by atoms with van der Waals surface area (Å²) in [4.78, 5) is 12.1. The van der Waals surface area contributed by atoms with Crippen LogP contribution in [0.3, 0.4) is 0 Å². The van der Waals surface area contributed by atoms with E-state index in [4.69, 9.17) is 5.73 Å². The van der Waals surface area contributed by atoms with Crippen LogP contribution in [0.1, 0.15) is 10.4 Å². The Hall–Kier alpha value is -3.68. The van der Waals surface area contributed by atoms with E-state index >= 15 is 0 Å². The summed E-state index contributed by atoms with van der Waals surface area (Å²) in [7, 11) is -4.79. The molecule has 8 rings (SSSR count). The van der Waals surface area contributed by atoms with Gasteiger partial charge in [-0.3, -0.25) is 4.79 Å². The monoisotopic (exact) mass is 858 g/mol. The summed E-state index contributed by atoms with van der Waals surface area (Å²) in [6.07, 6.45) is 0. The van der Waals surface area contributed by atoms with E-state index in [-0.39, 0.29) is 147 Å². The van der Waals surface area contributed by atoms with Crippen LogP contribution in [0, 0.1) is 18.2 Å². The number of nitrogen functional groups attached to an aromatic ring is 1. The van der Waals surface area contributed by atoms with Crippen molar-refractivity contribution >= 4 is 93.8 Å². The number of nitrogens with two attached hydrogens (primary N) is 1. The van der Waals surface area contributed by atoms with Crippen LogP contribution < -0.4 is 129 Å². The second kappa shape index (κ2) is 22.1. The number of phenols is 1. The van der Waals surface area contributed by atoms with Gasteiger partial charge in [-0.2, -0.15) is 91.3 Å². The van der Waals surface area contributed by atoms with Crippen molar-refractivity contribution in [3.8, 4) is 5.75 Å². The van der Waals surface area contributed by atoms with E-state index < -0.39 is 15.0 Å². The Labute approximate surface area is 439 Å². The molecule has 0 radical (unpaired) electrons. The maximum atomic E-state index is 12.6. The maximum Gasteiger partial charge on any atom is 1.00 e. The van der Waals surface area contributed by atoms with Crippen molar-refractivity contribution in [2.75, 3.05) is 11.1 Å². The van der Waals surface area contributed by atoms with E-state index in [9.17, 15) is 22.9 Å². The molecule has 0 aliphatic heterocycles. The Morgan fingerprint density at radius 2 is 1.18 bits per heavy atom. The minimum atomic E-state index is -4.79. The summed E-state index contributed by atoms with van der Waals surface area (Å²) in [5.74, 6) is -0.350. The Morgan fingerprint density at radius 3 is 1.77 bits per heavy atom. The molecule has 0 heterocycles. The van der Waals surface area contributed by atoms with Crippen molar-refractivity contribution in [2.24, 2.45) is 30.7 Å². The van der Waals surface area contributed by atoms with Crippen LogP contribution in [-0.4, -0.2) is 24.0 Å². The van der Waals surface area contributed by atoms with Gasteiger partial charge in [0.15, 0.2) is 0 Å². The molecule has 0 unspecified atom stereocenters. The zero-order valence-corrected chi connectivity index (χ0v) is 42.3. The van der Waals surface area contributed by atoms with Crippen molar-refractivity contribution < 1.29 is 141 Å². The minimum Gasteiger partial charge on any atom is -0.744 e. The first kappa shape index (κ1) is 50.0. The van der Waals surface area contributed by atoms with Crippen molar-refractivity contribution in [1.82, 2.24) is 0 Å². The third kappa shape index (κ3) is 11.5. The number of anilines is 2. The normalized spacial score (nSPS) is 11.3. The fourth-order valence-electron chi connectivity index (χ4n) is 6.07. The molecule has 278 valence electrons. The van der Waals surface area contributed by atoms with Gasteiger partial charge in [-0.15, -0.1) is 5.39 Å². The zero-order chi connectivity index (χ0) is 39.5. The predicted molar refractivity (Wildman–Crippen MR) is 216 cm³/mol. The SMILES string of the molecule is Nc1ccc(N=Nc2ccc(N=Nc3ccc(N=Nc4[c-]cc5cc(NC(=O)c6ccccc6)ccc5c4O)c4cc[c-]cc34)c3cc[c-]cc23)cc1S(=O)(=O)[O-].[Na+].[Na+].[Na+].[Na+]. The van der Waals surface area contributed by atoms with Crippen molar-refractivity contribution in [1.29, 1.82) is 0 Å². The molecule has 0 atom stereocenters. The van der Waals surface area contributed by atoms with Gasteiger partial charge in [-0.1, -0.05) is 57.3 Å². The molecule has 13 nitrogen and oxygen atoms in total. The van der Waals surface area contributed by atoms with Gasteiger partial charge < -0.3 is 20.7 Å². The van der Waals surface area contributed by atoms with E-state index in [1.165, 1.54) is 12.1 Å². The summed E-state index contributed by atoms with van der Waals surface area (Å²) in [5.41, 5.74) is 8.91. The number of carbonyl (C=O) groups is 1. The number of aromatic hydroxyl groups is 1. The van der Waals surface area contributed by atoms with E-state index in [1.807, 2.05) is 18.2 Å². The number of hydrogen-bond acceptors (Lipinski definition) is 12. The third-order valence-corrected chi connectivity index (χ3v) is 9.77. The standard InChI is InChI=1S/C43H27N8O5S.4Na/c44-35-18-16-29(25-41(35)57(54,55)56)46-47-36-20-21-37(32-11-5-4-10-31(32)36)48-49-38-22-23-39(34-13-7-6-12-33(34)38)50-51-40-19-14-27-24-28(15-17-30(27)42(40)52)45-43(53)26-8-2-1-3-9-26;;;;/h1-3,5,7-18,20-25,52H,44H2,(H,45,53)(H,54,55,56);;;;/q-3;4*+1/p-1. The van der Waals surface area contributed by atoms with E-state index in [1.54, 1.807) is 97.1 Å². The first-order valence-corrected chi connectivity index (χ1v) is 18.5. The molecule has 0 fully saturated rings. The maximum absolute atomic E-state index is 12.6. The predicted octanol–water partition coefficient (Wildman–Crippen LogP) is -0.747. The van der Waals surface area contributed by atoms with Gasteiger partial charge in [-0.25, -0.2) is 8.42 Å². The minimum absolute atomic E-state index is 0. The second-order valence-electron chi connectivity index (χ2n) is 12.5. The topological polar surface area (TPSA) is 207 Å². The molecule has 1 amide bonds. The molecule has 18 heteroatoms. The molecule has 0 saturated carbocycles. The second-order valence-corrected chi connectivity index (χ2v) is 13.9. The molecule has 8 aromatic carbocycles. The van der Waals surface area contributed by atoms with Gasteiger partial charge in [0.05, 0.1) is 22.0 Å². The van der Waals surface area contributed by atoms with Gasteiger partial charge in [-0.05, 0) is 60.7 Å². The van der Waals surface area contributed by atoms with Crippen molar-refractivity contribution in [2.45, 2.75) is 4.90 Å². The summed E-state index contributed by atoms with van der Waals surface area (Å²) in [6.45, 7) is 0. The van der Waals surface area contributed by atoms with Crippen LogP contribution in [0.2, 0.25) is 0 Å². The molecule has 0 aliphatic rings. The number of benzene rings is 8. The Kier molecular flexibility index (Phi) is 18.1. The number of fused-ring (bicyclic) bond motifs is 3. The summed E-state index contributed by atoms with van der Waals surface area (Å²) < 4.78 is 34.7. The molecule has 8 aromatic rings. The van der Waals surface area contributed by atoms with Gasteiger partial charge in [0, 0.05) is 39.7 Å². The molecule has 0 aliphatic carbocycles. The van der Waals surface area contributed by atoms with Crippen LogP contribution in [-0.2, 0) is 10.1 Å². The third-order valence-electron chi connectivity index (χ3n) is 8.88. The van der Waals surface area contributed by atoms with Gasteiger partial charge in [0.2, 0.25) is 0 Å². The van der Waals surface area contributed by atoms with Crippen molar-refractivity contribution in [3.05, 3.63) is 157 Å². The van der Waals surface area contributed by atoms with Crippen LogP contribution in [0.25, 0.3) is 32.3 Å². The Bertz CT molecular complexity index is 3100. The molecule has 61 heavy (non-hydrogen) atoms. The largest absolute Gasteiger partial charge is 1.00 e. The number of nitrogens with zero attached hydrogens (tertiary/aromatic N) is 6. The van der Waals surface area contributed by atoms with Gasteiger partial charge >= 0.3 is 118 Å². The smallest absolute Gasteiger partial charge is 0.744 e. The number of nitrogens with one attached hydrogen (secondary N) is 1. The molecule has 0 saturated heterocycles. The Balaban J connectivity index is 0.00000205. The summed E-state index contributed by atoms with van der Waals surface area (Å²) in [5, 5.41) is 44.2. The van der Waals surface area contributed by atoms with Crippen LogP contribution in [0.5, 0.6) is 5.75 Å². The fraction of sp³-hybridized carbons (Fsp3) is 0. The van der Waals surface area contributed by atoms with E-state index in [2.05, 4.69) is 54.2 Å². The average molecular weight is 859 g/mol. The molecular formula is C43H26N8Na4O5S. The first-order chi connectivity index (χ1) is 27.6. The number of phenolic OH excluding ortho intramolecular Hbond substituents is 1. The zero-order valence-electron chi connectivity index (χ0n) is 33.5. The quantitative estimate of drug-likeness (QED) is 0.0560. The van der Waals surface area contributed by atoms with Gasteiger partial charge in [0.25, 0.3) is 5.91 Å². The van der Waals surface area contributed by atoms with Crippen LogP contribution in [0.4, 0.5) is 45.5 Å². The Morgan fingerprint density at radius 1 is 0.623 bits per heavy atom. The molecule has 0 bridgehead atoms.